The Morgan fingerprint density at radius 3 is 2.70 bits per heavy atom. The van der Waals surface area contributed by atoms with Crippen LogP contribution < -0.4 is 15.5 Å². The van der Waals surface area contributed by atoms with Gasteiger partial charge in [-0.1, -0.05) is 17.7 Å². The SMILES string of the molecule is CC1CN(C)CCCN1c1nc(N(C)C)c2cc(Cl)c(-c3ccc(F)c4sc(N)c(C#N)c34)c(F)c2n1. The van der Waals surface area contributed by atoms with Crippen molar-refractivity contribution in [3.8, 4) is 17.2 Å². The molecule has 0 bridgehead atoms. The van der Waals surface area contributed by atoms with Crippen LogP contribution in [0.15, 0.2) is 18.2 Å². The van der Waals surface area contributed by atoms with Gasteiger partial charge in [-0.3, -0.25) is 0 Å². The van der Waals surface area contributed by atoms with Crippen molar-refractivity contribution in [2.24, 2.45) is 0 Å². The molecule has 11 heteroatoms. The van der Waals surface area contributed by atoms with E-state index < -0.39 is 11.6 Å². The summed E-state index contributed by atoms with van der Waals surface area (Å²) < 4.78 is 31.3. The highest BCUT2D eigenvalue weighted by molar-refractivity contribution is 7.23. The van der Waals surface area contributed by atoms with E-state index >= 15 is 4.39 Å². The summed E-state index contributed by atoms with van der Waals surface area (Å²) in [6.07, 6.45) is 0.929. The number of fused-ring (bicyclic) bond motifs is 2. The summed E-state index contributed by atoms with van der Waals surface area (Å²) in [4.78, 5) is 15.7. The molecule has 1 unspecified atom stereocenters. The van der Waals surface area contributed by atoms with Crippen molar-refractivity contribution in [2.45, 2.75) is 19.4 Å². The van der Waals surface area contributed by atoms with E-state index in [-0.39, 0.29) is 42.8 Å². The number of hydrogen-bond donors (Lipinski definition) is 1. The van der Waals surface area contributed by atoms with Crippen molar-refractivity contribution in [1.29, 1.82) is 5.26 Å². The first-order valence-electron chi connectivity index (χ1n) is 11.9. The topological polar surface area (TPSA) is 85.3 Å². The highest BCUT2D eigenvalue weighted by atomic mass is 35.5. The van der Waals surface area contributed by atoms with E-state index in [0.717, 1.165) is 37.4 Å². The van der Waals surface area contributed by atoms with Gasteiger partial charge in [-0.05, 0) is 44.6 Å². The zero-order chi connectivity index (χ0) is 26.6. The number of benzene rings is 2. The average molecular weight is 542 g/mol. The van der Waals surface area contributed by atoms with Crippen LogP contribution in [0.1, 0.15) is 18.9 Å². The molecule has 1 saturated heterocycles. The number of halogens is 3. The number of likely N-dealkylation sites (N-methyl/N-ethyl adjacent to an activating group) is 1. The summed E-state index contributed by atoms with van der Waals surface area (Å²) in [5.41, 5.74) is 6.56. The molecular formula is C26H26ClF2N7S. The molecule has 1 atom stereocenters. The Labute approximate surface area is 222 Å². The second-order valence-electron chi connectivity index (χ2n) is 9.60. The van der Waals surface area contributed by atoms with Crippen LogP contribution in [0.2, 0.25) is 5.02 Å². The molecule has 5 rings (SSSR count). The third-order valence-electron chi connectivity index (χ3n) is 6.78. The van der Waals surface area contributed by atoms with Crippen LogP contribution in [0.4, 0.5) is 25.5 Å². The number of nitrogen functional groups attached to an aromatic ring is 1. The maximum atomic E-state index is 16.5. The fourth-order valence-electron chi connectivity index (χ4n) is 5.06. The summed E-state index contributed by atoms with van der Waals surface area (Å²) in [6.45, 7) is 4.63. The van der Waals surface area contributed by atoms with Crippen molar-refractivity contribution in [3.05, 3.63) is 40.4 Å². The van der Waals surface area contributed by atoms with Crippen molar-refractivity contribution >= 4 is 60.7 Å². The lowest BCUT2D eigenvalue weighted by atomic mass is 9.97. The Morgan fingerprint density at radius 2 is 2.00 bits per heavy atom. The molecule has 1 aliphatic heterocycles. The van der Waals surface area contributed by atoms with E-state index in [1.807, 2.05) is 20.2 Å². The van der Waals surface area contributed by atoms with Gasteiger partial charge < -0.3 is 20.4 Å². The van der Waals surface area contributed by atoms with Gasteiger partial charge in [-0.15, -0.1) is 11.3 Å². The standard InChI is InChI=1S/C26H26ClF2N7S/c1-13-12-35(4)8-5-9-36(13)26-32-22-15(25(33-26)34(2)3)10-17(27)20(21(22)29)14-6-7-18(28)23-19(14)16(11-30)24(31)37-23/h6-7,10,13H,5,8-9,12,31H2,1-4H3. The number of thiophene rings is 1. The predicted octanol–water partition coefficient (Wildman–Crippen LogP) is 5.49. The Bertz CT molecular complexity index is 1580. The van der Waals surface area contributed by atoms with Crippen molar-refractivity contribution in [3.63, 3.8) is 0 Å². The second kappa shape index (κ2) is 9.56. The zero-order valence-electron chi connectivity index (χ0n) is 20.9. The average Bonchev–Trinajstić information content (AvgIpc) is 3.09. The zero-order valence-corrected chi connectivity index (χ0v) is 22.5. The van der Waals surface area contributed by atoms with Gasteiger partial charge in [0.2, 0.25) is 5.95 Å². The maximum absolute atomic E-state index is 16.5. The lowest BCUT2D eigenvalue weighted by molar-refractivity contribution is 0.337. The second-order valence-corrected chi connectivity index (χ2v) is 11.1. The van der Waals surface area contributed by atoms with Gasteiger partial charge in [-0.25, -0.2) is 13.8 Å². The molecule has 0 saturated carbocycles. The molecule has 7 nitrogen and oxygen atoms in total. The van der Waals surface area contributed by atoms with E-state index in [1.54, 1.807) is 11.0 Å². The van der Waals surface area contributed by atoms with Gasteiger partial charge in [0.15, 0.2) is 5.82 Å². The van der Waals surface area contributed by atoms with Gasteiger partial charge in [0.05, 0.1) is 15.3 Å². The third-order valence-corrected chi connectivity index (χ3v) is 8.10. The molecule has 2 aromatic carbocycles. The Balaban J connectivity index is 1.80. The van der Waals surface area contributed by atoms with Crippen LogP contribution >= 0.6 is 22.9 Å². The number of aromatic nitrogens is 2. The first-order valence-corrected chi connectivity index (χ1v) is 13.0. The van der Waals surface area contributed by atoms with Gasteiger partial charge in [0, 0.05) is 49.6 Å². The minimum absolute atomic E-state index is 0.0477. The third kappa shape index (κ3) is 4.21. The summed E-state index contributed by atoms with van der Waals surface area (Å²) in [7, 11) is 5.75. The maximum Gasteiger partial charge on any atom is 0.228 e. The number of nitriles is 1. The molecule has 0 radical (unpaired) electrons. The fourth-order valence-corrected chi connectivity index (χ4v) is 6.31. The number of anilines is 3. The van der Waals surface area contributed by atoms with E-state index in [1.165, 1.54) is 12.1 Å². The quantitative estimate of drug-likeness (QED) is 0.367. The number of nitrogens with zero attached hydrogens (tertiary/aromatic N) is 6. The van der Waals surface area contributed by atoms with Crippen molar-refractivity contribution in [2.75, 3.05) is 56.3 Å². The van der Waals surface area contributed by atoms with Crippen LogP contribution in [0.3, 0.4) is 0 Å². The number of nitrogens with two attached hydrogens (primary N) is 1. The van der Waals surface area contributed by atoms with Crippen molar-refractivity contribution in [1.82, 2.24) is 14.9 Å². The van der Waals surface area contributed by atoms with E-state index in [2.05, 4.69) is 23.8 Å². The Hall–Kier alpha value is -3.26. The van der Waals surface area contributed by atoms with Crippen LogP contribution in [-0.4, -0.2) is 61.7 Å². The highest BCUT2D eigenvalue weighted by Crippen LogP contribution is 2.45. The summed E-state index contributed by atoms with van der Waals surface area (Å²) in [6, 6.07) is 6.46. The van der Waals surface area contributed by atoms with Crippen LogP contribution in [0, 0.1) is 23.0 Å². The molecule has 0 aliphatic carbocycles. The highest BCUT2D eigenvalue weighted by Gasteiger charge is 2.27. The van der Waals surface area contributed by atoms with Gasteiger partial charge >= 0.3 is 0 Å². The smallest absolute Gasteiger partial charge is 0.228 e. The molecule has 3 heterocycles. The monoisotopic (exact) mass is 541 g/mol. The summed E-state index contributed by atoms with van der Waals surface area (Å²) in [5.74, 6) is -0.212. The Kier molecular flexibility index (Phi) is 6.56. The van der Waals surface area contributed by atoms with Gasteiger partial charge in [0.25, 0.3) is 0 Å². The fraction of sp³-hybridized carbons (Fsp3) is 0.346. The van der Waals surface area contributed by atoms with Crippen LogP contribution in [0.25, 0.3) is 32.1 Å². The number of hydrogen-bond acceptors (Lipinski definition) is 8. The summed E-state index contributed by atoms with van der Waals surface area (Å²) in [5, 5.41) is 10.7. The van der Waals surface area contributed by atoms with E-state index in [0.29, 0.717) is 22.7 Å². The molecule has 2 aromatic heterocycles. The number of rotatable bonds is 3. The molecule has 192 valence electrons. The van der Waals surface area contributed by atoms with Gasteiger partial charge in [-0.2, -0.15) is 10.2 Å². The van der Waals surface area contributed by atoms with Crippen LogP contribution in [-0.2, 0) is 0 Å². The molecule has 4 aromatic rings. The molecule has 0 amide bonds. The lowest BCUT2D eigenvalue weighted by Gasteiger charge is -2.29. The molecule has 0 spiro atoms. The molecule has 37 heavy (non-hydrogen) atoms. The first-order chi connectivity index (χ1) is 17.6. The lowest BCUT2D eigenvalue weighted by Crippen LogP contribution is -2.39. The van der Waals surface area contributed by atoms with E-state index in [4.69, 9.17) is 27.3 Å². The Morgan fingerprint density at radius 1 is 1.24 bits per heavy atom. The van der Waals surface area contributed by atoms with Crippen LogP contribution in [0.5, 0.6) is 0 Å². The van der Waals surface area contributed by atoms with Crippen molar-refractivity contribution < 1.29 is 8.78 Å². The minimum atomic E-state index is -0.657. The summed E-state index contributed by atoms with van der Waals surface area (Å²) >= 11 is 7.63. The predicted molar refractivity (Wildman–Crippen MR) is 148 cm³/mol. The molecule has 1 fully saturated rings. The van der Waals surface area contributed by atoms with Gasteiger partial charge in [0.1, 0.15) is 28.2 Å². The normalized spacial score (nSPS) is 16.8. The van der Waals surface area contributed by atoms with E-state index in [9.17, 15) is 9.65 Å². The minimum Gasteiger partial charge on any atom is -0.389 e. The first kappa shape index (κ1) is 25.4. The largest absolute Gasteiger partial charge is 0.389 e. The molecular weight excluding hydrogens is 516 g/mol. The molecule has 2 N–H and O–H groups in total. The molecule has 1 aliphatic rings.